The van der Waals surface area contributed by atoms with E-state index in [1.54, 1.807) is 22.8 Å². The lowest BCUT2D eigenvalue weighted by Gasteiger charge is -2.29. The van der Waals surface area contributed by atoms with Gasteiger partial charge >= 0.3 is 0 Å². The number of rotatable bonds is 7. The number of ether oxygens (including phenoxy) is 2. The van der Waals surface area contributed by atoms with Crippen molar-refractivity contribution in [1.29, 1.82) is 0 Å². The van der Waals surface area contributed by atoms with Crippen LogP contribution in [0.4, 0.5) is 5.13 Å². The fourth-order valence-electron chi connectivity index (χ4n) is 3.60. The minimum atomic E-state index is -0.0788. The van der Waals surface area contributed by atoms with E-state index in [4.69, 9.17) is 14.5 Å². The van der Waals surface area contributed by atoms with Crippen molar-refractivity contribution >= 4 is 32.6 Å². The summed E-state index contributed by atoms with van der Waals surface area (Å²) >= 11 is 1.51. The quantitative estimate of drug-likeness (QED) is 0.575. The Labute approximate surface area is 180 Å². The summed E-state index contributed by atoms with van der Waals surface area (Å²) in [5.74, 6) is 0.735. The number of benzene rings is 1. The van der Waals surface area contributed by atoms with Crippen molar-refractivity contribution in [1.82, 2.24) is 19.7 Å². The predicted octanol–water partition coefficient (Wildman–Crippen LogP) is 2.72. The first-order chi connectivity index (χ1) is 14.6. The lowest BCUT2D eigenvalue weighted by molar-refractivity contribution is 0.0391. The molecule has 0 atom stereocenters. The van der Waals surface area contributed by atoms with Crippen LogP contribution in [0.15, 0.2) is 24.4 Å². The second-order valence-corrected chi connectivity index (χ2v) is 8.28. The van der Waals surface area contributed by atoms with E-state index in [0.29, 0.717) is 24.0 Å². The highest BCUT2D eigenvalue weighted by Gasteiger charge is 2.26. The van der Waals surface area contributed by atoms with Crippen LogP contribution < -0.4 is 9.64 Å². The van der Waals surface area contributed by atoms with Crippen LogP contribution in [0.25, 0.3) is 10.2 Å². The van der Waals surface area contributed by atoms with Gasteiger partial charge in [0.25, 0.3) is 5.91 Å². The predicted molar refractivity (Wildman–Crippen MR) is 118 cm³/mol. The van der Waals surface area contributed by atoms with E-state index in [1.807, 2.05) is 32.0 Å². The number of morpholine rings is 1. The summed E-state index contributed by atoms with van der Waals surface area (Å²) in [6.45, 7) is 9.04. The molecule has 0 saturated carbocycles. The van der Waals surface area contributed by atoms with Crippen molar-refractivity contribution in [3.05, 3.63) is 35.7 Å². The van der Waals surface area contributed by atoms with E-state index in [1.165, 1.54) is 11.3 Å². The van der Waals surface area contributed by atoms with Gasteiger partial charge < -0.3 is 9.47 Å². The lowest BCUT2D eigenvalue weighted by atomic mass is 10.2. The molecule has 1 aromatic carbocycles. The Bertz CT molecular complexity index is 1010. The van der Waals surface area contributed by atoms with Crippen LogP contribution in [0.5, 0.6) is 5.75 Å². The smallest absolute Gasteiger partial charge is 0.278 e. The third kappa shape index (κ3) is 4.33. The Morgan fingerprint density at radius 2 is 2.13 bits per heavy atom. The van der Waals surface area contributed by atoms with Gasteiger partial charge in [-0.25, -0.2) is 4.98 Å². The van der Waals surface area contributed by atoms with Gasteiger partial charge in [-0.2, -0.15) is 5.10 Å². The highest BCUT2D eigenvalue weighted by molar-refractivity contribution is 7.22. The van der Waals surface area contributed by atoms with Crippen LogP contribution in [0.3, 0.4) is 0 Å². The first kappa shape index (κ1) is 20.8. The first-order valence-corrected chi connectivity index (χ1v) is 11.0. The van der Waals surface area contributed by atoms with Gasteiger partial charge in [-0.15, -0.1) is 0 Å². The SMILES string of the molecule is CCOc1ccc2nc(N(CCN3CCOCC3)C(=O)c3c(C)cnn3C)sc2c1. The number of carbonyl (C=O) groups is 1. The van der Waals surface area contributed by atoms with Crippen molar-refractivity contribution in [3.8, 4) is 5.75 Å². The van der Waals surface area contributed by atoms with Gasteiger partial charge in [-0.1, -0.05) is 11.3 Å². The van der Waals surface area contributed by atoms with E-state index in [-0.39, 0.29) is 5.91 Å². The molecule has 1 fully saturated rings. The van der Waals surface area contributed by atoms with Gasteiger partial charge in [0.15, 0.2) is 5.13 Å². The van der Waals surface area contributed by atoms with Crippen molar-refractivity contribution in [3.63, 3.8) is 0 Å². The van der Waals surface area contributed by atoms with Gasteiger partial charge in [-0.3, -0.25) is 19.3 Å². The molecule has 0 unspecified atom stereocenters. The Morgan fingerprint density at radius 3 is 2.83 bits per heavy atom. The molecule has 9 heteroatoms. The van der Waals surface area contributed by atoms with Gasteiger partial charge in [0.2, 0.25) is 0 Å². The summed E-state index contributed by atoms with van der Waals surface area (Å²) < 4.78 is 13.7. The van der Waals surface area contributed by atoms with Gasteiger partial charge in [-0.05, 0) is 37.6 Å². The summed E-state index contributed by atoms with van der Waals surface area (Å²) in [4.78, 5) is 22.4. The molecule has 160 valence electrons. The molecule has 4 rings (SSSR count). The van der Waals surface area contributed by atoms with Gasteiger partial charge in [0.05, 0.1) is 36.2 Å². The summed E-state index contributed by atoms with van der Waals surface area (Å²) in [7, 11) is 1.80. The molecule has 0 spiro atoms. The van der Waals surface area contributed by atoms with Crippen LogP contribution in [0.1, 0.15) is 23.0 Å². The molecule has 1 aliphatic rings. The van der Waals surface area contributed by atoms with Crippen LogP contribution in [0.2, 0.25) is 0 Å². The average molecular weight is 430 g/mol. The molecule has 0 N–H and O–H groups in total. The number of hydrogen-bond acceptors (Lipinski definition) is 7. The number of hydrogen-bond donors (Lipinski definition) is 0. The van der Waals surface area contributed by atoms with E-state index in [0.717, 1.165) is 54.4 Å². The molecular formula is C21H27N5O3S. The van der Waals surface area contributed by atoms with Crippen molar-refractivity contribution in [2.75, 3.05) is 50.9 Å². The lowest BCUT2D eigenvalue weighted by Crippen LogP contribution is -2.43. The van der Waals surface area contributed by atoms with Crippen LogP contribution in [0, 0.1) is 6.92 Å². The molecule has 1 aliphatic heterocycles. The molecule has 0 aliphatic carbocycles. The molecule has 30 heavy (non-hydrogen) atoms. The fraction of sp³-hybridized carbons (Fsp3) is 0.476. The molecule has 3 heterocycles. The maximum Gasteiger partial charge on any atom is 0.278 e. The zero-order valence-corrected chi connectivity index (χ0v) is 18.4. The average Bonchev–Trinajstić information content (AvgIpc) is 3.31. The summed E-state index contributed by atoms with van der Waals surface area (Å²) in [6.07, 6.45) is 1.72. The number of carbonyl (C=O) groups excluding carboxylic acids is 1. The number of fused-ring (bicyclic) bond motifs is 1. The maximum absolute atomic E-state index is 13.5. The van der Waals surface area contributed by atoms with E-state index in [9.17, 15) is 4.79 Å². The van der Waals surface area contributed by atoms with Crippen molar-refractivity contribution in [2.24, 2.45) is 7.05 Å². The fourth-order valence-corrected chi connectivity index (χ4v) is 4.62. The molecule has 8 nitrogen and oxygen atoms in total. The molecule has 0 bridgehead atoms. The van der Waals surface area contributed by atoms with Gasteiger partial charge in [0, 0.05) is 33.2 Å². The summed E-state index contributed by atoms with van der Waals surface area (Å²) in [5.41, 5.74) is 2.31. The van der Waals surface area contributed by atoms with Crippen molar-refractivity contribution < 1.29 is 14.3 Å². The standard InChI is InChI=1S/C21H27N5O3S/c1-4-29-16-5-6-17-18(13-16)30-21(23-17)26(8-7-25-9-11-28-12-10-25)20(27)19-15(2)14-22-24(19)3/h5-6,13-14H,4,7-12H2,1-3H3. The number of anilines is 1. The summed E-state index contributed by atoms with van der Waals surface area (Å²) in [5, 5.41) is 4.94. The zero-order chi connectivity index (χ0) is 21.1. The highest BCUT2D eigenvalue weighted by atomic mass is 32.1. The molecule has 3 aromatic rings. The first-order valence-electron chi connectivity index (χ1n) is 10.2. The number of thiazole rings is 1. The minimum Gasteiger partial charge on any atom is -0.494 e. The number of aryl methyl sites for hydroxylation is 2. The molecule has 2 aromatic heterocycles. The topological polar surface area (TPSA) is 72.7 Å². The highest BCUT2D eigenvalue weighted by Crippen LogP contribution is 2.32. The van der Waals surface area contributed by atoms with Crippen LogP contribution in [-0.2, 0) is 11.8 Å². The largest absolute Gasteiger partial charge is 0.494 e. The van der Waals surface area contributed by atoms with Crippen LogP contribution in [-0.4, -0.2) is 71.6 Å². The Balaban J connectivity index is 1.65. The normalized spacial score (nSPS) is 14.9. The monoisotopic (exact) mass is 429 g/mol. The van der Waals surface area contributed by atoms with Crippen molar-refractivity contribution in [2.45, 2.75) is 13.8 Å². The third-order valence-electron chi connectivity index (χ3n) is 5.20. The molecule has 1 amide bonds. The zero-order valence-electron chi connectivity index (χ0n) is 17.6. The second-order valence-electron chi connectivity index (χ2n) is 7.27. The third-order valence-corrected chi connectivity index (χ3v) is 6.24. The Hall–Kier alpha value is -2.49. The maximum atomic E-state index is 13.5. The molecule has 1 saturated heterocycles. The Kier molecular flexibility index (Phi) is 6.31. The van der Waals surface area contributed by atoms with E-state index in [2.05, 4.69) is 10.00 Å². The molecular weight excluding hydrogens is 402 g/mol. The van der Waals surface area contributed by atoms with E-state index >= 15 is 0 Å². The number of nitrogens with zero attached hydrogens (tertiary/aromatic N) is 5. The number of aromatic nitrogens is 3. The van der Waals surface area contributed by atoms with E-state index < -0.39 is 0 Å². The van der Waals surface area contributed by atoms with Gasteiger partial charge in [0.1, 0.15) is 11.4 Å². The Morgan fingerprint density at radius 1 is 1.33 bits per heavy atom. The second kappa shape index (κ2) is 9.11. The minimum absolute atomic E-state index is 0.0788. The molecule has 0 radical (unpaired) electrons. The van der Waals surface area contributed by atoms with Crippen LogP contribution >= 0.6 is 11.3 Å². The number of amides is 1. The summed E-state index contributed by atoms with van der Waals surface area (Å²) in [6, 6.07) is 5.85.